The number of aliphatic hydroxyl groups excluding tert-OH is 1. The van der Waals surface area contributed by atoms with E-state index in [1.165, 1.54) is 0 Å². The van der Waals surface area contributed by atoms with E-state index in [1.807, 2.05) is 0 Å². The minimum Gasteiger partial charge on any atom is -0.393 e. The summed E-state index contributed by atoms with van der Waals surface area (Å²) in [6.45, 7) is 0.937. The molecule has 1 aliphatic heterocycles. The Hall–Kier alpha value is -2.41. The van der Waals surface area contributed by atoms with Gasteiger partial charge in [-0.3, -0.25) is 14.4 Å². The number of carbonyl (C=O) groups excluding carboxylic acids is 3. The molecule has 0 aromatic heterocycles. The monoisotopic (exact) mass is 345 g/mol. The van der Waals surface area contributed by atoms with E-state index in [9.17, 15) is 19.5 Å². The molecule has 1 aliphatic carbocycles. The van der Waals surface area contributed by atoms with Gasteiger partial charge >= 0.3 is 11.8 Å². The molecular weight excluding hydrogens is 322 g/mol. The van der Waals surface area contributed by atoms with Crippen LogP contribution in [-0.4, -0.2) is 42.0 Å². The third-order valence-corrected chi connectivity index (χ3v) is 4.59. The summed E-state index contributed by atoms with van der Waals surface area (Å²) in [6.07, 6.45) is 3.47. The molecule has 1 saturated carbocycles. The second-order valence-electron chi connectivity index (χ2n) is 6.60. The van der Waals surface area contributed by atoms with Crippen molar-refractivity contribution in [1.29, 1.82) is 0 Å². The number of nitrogens with zero attached hydrogens (tertiary/aromatic N) is 1. The predicted molar refractivity (Wildman–Crippen MR) is 93.0 cm³/mol. The normalized spacial score (nSPS) is 18.1. The van der Waals surface area contributed by atoms with Crippen molar-refractivity contribution >= 4 is 29.1 Å². The first-order valence-corrected chi connectivity index (χ1v) is 8.72. The zero-order valence-electron chi connectivity index (χ0n) is 14.0. The molecule has 1 heterocycles. The van der Waals surface area contributed by atoms with Gasteiger partial charge in [-0.15, -0.1) is 0 Å². The van der Waals surface area contributed by atoms with Crippen LogP contribution in [0.5, 0.6) is 0 Å². The second-order valence-corrected chi connectivity index (χ2v) is 6.60. The molecule has 3 N–H and O–H groups in total. The molecule has 1 aromatic rings. The van der Waals surface area contributed by atoms with Crippen molar-refractivity contribution in [3.8, 4) is 0 Å². The van der Waals surface area contributed by atoms with E-state index < -0.39 is 17.9 Å². The van der Waals surface area contributed by atoms with E-state index in [0.717, 1.165) is 19.3 Å². The van der Waals surface area contributed by atoms with Crippen molar-refractivity contribution in [2.75, 3.05) is 23.3 Å². The van der Waals surface area contributed by atoms with Crippen LogP contribution in [-0.2, 0) is 14.4 Å². The maximum atomic E-state index is 12.0. The number of aliphatic hydroxyl groups is 1. The first kappa shape index (κ1) is 17.4. The van der Waals surface area contributed by atoms with Crippen LogP contribution in [0.25, 0.3) is 0 Å². The Morgan fingerprint density at radius 1 is 1.28 bits per heavy atom. The lowest BCUT2D eigenvalue weighted by molar-refractivity contribution is -0.136. The molecule has 1 aromatic carbocycles. The first-order valence-electron chi connectivity index (χ1n) is 8.72. The fourth-order valence-electron chi connectivity index (χ4n) is 2.99. The van der Waals surface area contributed by atoms with E-state index in [4.69, 9.17) is 0 Å². The Labute approximate surface area is 146 Å². The van der Waals surface area contributed by atoms with Gasteiger partial charge in [-0.1, -0.05) is 6.07 Å². The Kier molecular flexibility index (Phi) is 5.33. The average Bonchev–Trinajstić information content (AvgIpc) is 3.36. The molecule has 0 radical (unpaired) electrons. The summed E-state index contributed by atoms with van der Waals surface area (Å²) in [5, 5.41) is 14.8. The number of carbonyl (C=O) groups is 3. The first-order chi connectivity index (χ1) is 12.0. The van der Waals surface area contributed by atoms with Crippen LogP contribution in [0.1, 0.15) is 32.1 Å². The Morgan fingerprint density at radius 3 is 2.76 bits per heavy atom. The predicted octanol–water partition coefficient (Wildman–Crippen LogP) is 1.03. The quantitative estimate of drug-likeness (QED) is 0.671. The largest absolute Gasteiger partial charge is 0.393 e. The van der Waals surface area contributed by atoms with Crippen LogP contribution < -0.4 is 15.5 Å². The van der Waals surface area contributed by atoms with Gasteiger partial charge in [0.1, 0.15) is 0 Å². The van der Waals surface area contributed by atoms with Crippen LogP contribution in [0.2, 0.25) is 0 Å². The summed E-state index contributed by atoms with van der Waals surface area (Å²) in [5.41, 5.74) is 1.18. The average molecular weight is 345 g/mol. The summed E-state index contributed by atoms with van der Waals surface area (Å²) >= 11 is 0. The van der Waals surface area contributed by atoms with Gasteiger partial charge in [-0.25, -0.2) is 0 Å². The molecule has 1 atom stereocenters. The number of hydrogen-bond donors (Lipinski definition) is 3. The zero-order valence-corrected chi connectivity index (χ0v) is 14.0. The molecule has 0 spiro atoms. The summed E-state index contributed by atoms with van der Waals surface area (Å²) in [7, 11) is 0. The number of nitrogens with one attached hydrogen (secondary N) is 2. The standard InChI is InChI=1S/C18H23N3O4/c22-15(12-6-7-12)8-9-19-17(24)18(25)20-13-3-1-4-14(11-13)21-10-2-5-16(21)23/h1,3-4,11-12,15,22H,2,5-10H2,(H,19,24)(H,20,25). The van der Waals surface area contributed by atoms with Gasteiger partial charge in [0.05, 0.1) is 6.10 Å². The number of hydrogen-bond acceptors (Lipinski definition) is 4. The molecule has 2 fully saturated rings. The van der Waals surface area contributed by atoms with Crippen molar-refractivity contribution in [3.05, 3.63) is 24.3 Å². The molecule has 2 aliphatic rings. The molecule has 3 amide bonds. The fraction of sp³-hybridized carbons (Fsp3) is 0.500. The molecular formula is C18H23N3O4. The van der Waals surface area contributed by atoms with Crippen molar-refractivity contribution in [1.82, 2.24) is 5.32 Å². The van der Waals surface area contributed by atoms with Crippen LogP contribution in [0.4, 0.5) is 11.4 Å². The summed E-state index contributed by atoms with van der Waals surface area (Å²) in [5.74, 6) is -1.08. The number of benzene rings is 1. The van der Waals surface area contributed by atoms with E-state index >= 15 is 0 Å². The summed E-state index contributed by atoms with van der Waals surface area (Å²) in [4.78, 5) is 37.3. The SMILES string of the molecule is O=C(NCCC(O)C1CC1)C(=O)Nc1cccc(N2CCCC2=O)c1. The summed E-state index contributed by atoms with van der Waals surface area (Å²) in [6, 6.07) is 6.90. The van der Waals surface area contributed by atoms with Crippen LogP contribution >= 0.6 is 0 Å². The lowest BCUT2D eigenvalue weighted by Gasteiger charge is -2.16. The van der Waals surface area contributed by atoms with Crippen molar-refractivity contribution in [2.45, 2.75) is 38.2 Å². The third-order valence-electron chi connectivity index (χ3n) is 4.59. The highest BCUT2D eigenvalue weighted by atomic mass is 16.3. The van der Waals surface area contributed by atoms with E-state index in [2.05, 4.69) is 10.6 Å². The summed E-state index contributed by atoms with van der Waals surface area (Å²) < 4.78 is 0. The molecule has 1 unspecified atom stereocenters. The maximum absolute atomic E-state index is 12.0. The van der Waals surface area contributed by atoms with Gasteiger partial charge in [-0.05, 0) is 49.8 Å². The molecule has 25 heavy (non-hydrogen) atoms. The molecule has 1 saturated heterocycles. The van der Waals surface area contributed by atoms with Crippen molar-refractivity contribution in [2.24, 2.45) is 5.92 Å². The Balaban J connectivity index is 1.49. The van der Waals surface area contributed by atoms with Gasteiger partial charge in [0.25, 0.3) is 0 Å². The highest BCUT2D eigenvalue weighted by molar-refractivity contribution is 6.39. The van der Waals surface area contributed by atoms with Crippen LogP contribution in [0, 0.1) is 5.92 Å². The minimum absolute atomic E-state index is 0.0652. The highest BCUT2D eigenvalue weighted by Crippen LogP contribution is 2.33. The molecule has 0 bridgehead atoms. The number of rotatable bonds is 6. The topological polar surface area (TPSA) is 98.7 Å². The van der Waals surface area contributed by atoms with Gasteiger partial charge in [0, 0.05) is 30.9 Å². The molecule has 134 valence electrons. The Morgan fingerprint density at radius 2 is 2.08 bits per heavy atom. The van der Waals surface area contributed by atoms with E-state index in [0.29, 0.717) is 36.7 Å². The van der Waals surface area contributed by atoms with Crippen molar-refractivity contribution < 1.29 is 19.5 Å². The van der Waals surface area contributed by atoms with Gasteiger partial charge in [0.2, 0.25) is 5.91 Å². The van der Waals surface area contributed by atoms with Gasteiger partial charge in [-0.2, -0.15) is 0 Å². The lowest BCUT2D eigenvalue weighted by Crippen LogP contribution is -2.37. The smallest absolute Gasteiger partial charge is 0.313 e. The van der Waals surface area contributed by atoms with E-state index in [1.54, 1.807) is 29.2 Å². The molecule has 7 nitrogen and oxygen atoms in total. The van der Waals surface area contributed by atoms with E-state index in [-0.39, 0.29) is 12.5 Å². The lowest BCUT2D eigenvalue weighted by atomic mass is 10.1. The van der Waals surface area contributed by atoms with Crippen molar-refractivity contribution in [3.63, 3.8) is 0 Å². The zero-order chi connectivity index (χ0) is 17.8. The number of anilines is 2. The van der Waals surface area contributed by atoms with Crippen LogP contribution in [0.3, 0.4) is 0 Å². The maximum Gasteiger partial charge on any atom is 0.313 e. The molecule has 3 rings (SSSR count). The minimum atomic E-state index is -0.759. The second kappa shape index (κ2) is 7.65. The highest BCUT2D eigenvalue weighted by Gasteiger charge is 2.29. The Bertz CT molecular complexity index is 672. The third kappa shape index (κ3) is 4.57. The van der Waals surface area contributed by atoms with Crippen LogP contribution in [0.15, 0.2) is 24.3 Å². The number of amides is 3. The molecule has 7 heteroatoms. The van der Waals surface area contributed by atoms with Gasteiger partial charge < -0.3 is 20.6 Å². The van der Waals surface area contributed by atoms with Gasteiger partial charge in [0.15, 0.2) is 0 Å². The fourth-order valence-corrected chi connectivity index (χ4v) is 2.99.